The molecule has 2 aromatic carbocycles. The highest BCUT2D eigenvalue weighted by molar-refractivity contribution is 7.89. The van der Waals surface area contributed by atoms with Crippen molar-refractivity contribution in [1.82, 2.24) is 4.90 Å². The molecule has 1 aliphatic rings. The van der Waals surface area contributed by atoms with Crippen molar-refractivity contribution in [3.05, 3.63) is 71.8 Å². The van der Waals surface area contributed by atoms with E-state index < -0.39 is 21.5 Å². The van der Waals surface area contributed by atoms with Crippen LogP contribution in [0.15, 0.2) is 71.2 Å². The van der Waals surface area contributed by atoms with Crippen molar-refractivity contribution in [2.24, 2.45) is 5.14 Å². The summed E-state index contributed by atoms with van der Waals surface area (Å²) in [6, 6.07) is 13.8. The first-order valence-electron chi connectivity index (χ1n) is 9.08. The van der Waals surface area contributed by atoms with Crippen molar-refractivity contribution in [2.75, 3.05) is 14.1 Å². The maximum atomic E-state index is 15.6. The first-order valence-corrected chi connectivity index (χ1v) is 10.6. The lowest BCUT2D eigenvalue weighted by Gasteiger charge is -2.43. The average molecular weight is 419 g/mol. The number of hydrogen-bond donors (Lipinski definition) is 1. The van der Waals surface area contributed by atoms with Gasteiger partial charge in [0.2, 0.25) is 15.8 Å². The number of nitrogens with zero attached hydrogens (tertiary/aromatic N) is 1. The molecule has 0 saturated carbocycles. The maximum absolute atomic E-state index is 15.6. The van der Waals surface area contributed by atoms with Crippen molar-refractivity contribution in [1.29, 1.82) is 0 Å². The first-order chi connectivity index (χ1) is 13.4. The summed E-state index contributed by atoms with van der Waals surface area (Å²) < 4.78 is 55.8. The molecule has 2 N–H and O–H groups in total. The van der Waals surface area contributed by atoms with E-state index in [-0.39, 0.29) is 21.6 Å². The van der Waals surface area contributed by atoms with E-state index in [1.807, 2.05) is 30.3 Å². The number of sulfonamides is 1. The lowest BCUT2D eigenvalue weighted by atomic mass is 9.79. The van der Waals surface area contributed by atoms with Gasteiger partial charge in [-0.05, 0) is 62.4 Å². The Hall–Kier alpha value is -2.35. The molecule has 0 spiro atoms. The fraction of sp³-hybridized carbons (Fsp3) is 0.273. The average Bonchev–Trinajstić information content (AvgIpc) is 2.64. The Morgan fingerprint density at radius 3 is 2.14 bits per heavy atom. The molecule has 0 bridgehead atoms. The minimum Gasteiger partial charge on any atom is -0.271 e. The summed E-state index contributed by atoms with van der Waals surface area (Å²) in [5.74, 6) is -2.36. The molecule has 0 radical (unpaired) electrons. The normalized spacial score (nSPS) is 25.0. The number of halogens is 2. The van der Waals surface area contributed by atoms with E-state index in [0.29, 0.717) is 5.56 Å². The topological polar surface area (TPSA) is 63.4 Å². The fourth-order valence-electron chi connectivity index (χ4n) is 4.00. The number of hydrogen-bond acceptors (Lipinski definition) is 3. The quantitative estimate of drug-likeness (QED) is 0.753. The molecule has 0 aromatic heterocycles. The highest BCUT2D eigenvalue weighted by Gasteiger charge is 2.54. The van der Waals surface area contributed by atoms with E-state index in [1.54, 1.807) is 12.1 Å². The summed E-state index contributed by atoms with van der Waals surface area (Å²) in [6.45, 7) is 2.64. The maximum Gasteiger partial charge on any atom is 0.238 e. The van der Waals surface area contributed by atoms with Gasteiger partial charge in [0, 0.05) is 5.56 Å². The summed E-state index contributed by atoms with van der Waals surface area (Å²) in [6.07, 6.45) is 2.62. The Morgan fingerprint density at radius 1 is 1.00 bits per heavy atom. The number of alkyl halides is 2. The van der Waals surface area contributed by atoms with Crippen molar-refractivity contribution in [2.45, 2.75) is 30.2 Å². The zero-order valence-electron chi connectivity index (χ0n) is 16.8. The van der Waals surface area contributed by atoms with E-state index in [0.717, 1.165) is 18.6 Å². The van der Waals surface area contributed by atoms with Crippen molar-refractivity contribution in [3.8, 4) is 11.1 Å². The highest BCUT2D eigenvalue weighted by atomic mass is 32.2. The molecular weight excluding hydrogens is 394 g/mol. The fourth-order valence-corrected chi connectivity index (χ4v) is 4.78. The standard InChI is InChI=1S/C22H24F2N2O2S/c1-15-13-17(14-21(2,23)22(15,24)26(3)4)20-18(16-9-6-5-7-10-16)11-8-12-19(20)29(25,27)28/h5-14H,1-4H3,(H2,25,27,28). The minimum absolute atomic E-state index is 0.133. The summed E-state index contributed by atoms with van der Waals surface area (Å²) in [7, 11) is -1.19. The second kappa shape index (κ2) is 7.16. The van der Waals surface area contributed by atoms with Gasteiger partial charge in [-0.2, -0.15) is 0 Å². The Labute approximate surface area is 170 Å². The molecule has 0 aliphatic heterocycles. The molecule has 2 unspecified atom stereocenters. The van der Waals surface area contributed by atoms with Crippen LogP contribution < -0.4 is 5.14 Å². The van der Waals surface area contributed by atoms with Gasteiger partial charge in [-0.1, -0.05) is 48.5 Å². The third-order valence-electron chi connectivity index (χ3n) is 5.29. The Kier molecular flexibility index (Phi) is 5.28. The van der Waals surface area contributed by atoms with Crippen LogP contribution in [0.5, 0.6) is 0 Å². The van der Waals surface area contributed by atoms with E-state index >= 15 is 8.78 Å². The predicted molar refractivity (Wildman–Crippen MR) is 112 cm³/mol. The Balaban J connectivity index is 2.36. The van der Waals surface area contributed by atoms with Crippen LogP contribution in [0.2, 0.25) is 0 Å². The molecule has 154 valence electrons. The van der Waals surface area contributed by atoms with Gasteiger partial charge in [0.15, 0.2) is 5.67 Å². The number of allylic oxidation sites excluding steroid dienone is 2. The van der Waals surface area contributed by atoms with Crippen molar-refractivity contribution >= 4 is 15.6 Å². The SMILES string of the molecule is CC1=CC(c2c(-c3ccccc3)cccc2S(N)(=O)=O)=CC(C)(F)C1(F)N(C)C. The number of likely N-dealkylation sites (N-methyl/N-ethyl adjacent to an activating group) is 1. The van der Waals surface area contributed by atoms with Crippen LogP contribution in [0.1, 0.15) is 19.4 Å². The van der Waals surface area contributed by atoms with E-state index in [2.05, 4.69) is 0 Å². The van der Waals surface area contributed by atoms with E-state index in [9.17, 15) is 8.42 Å². The van der Waals surface area contributed by atoms with Crippen LogP contribution in [0.25, 0.3) is 16.7 Å². The molecule has 1 aliphatic carbocycles. The molecule has 2 atom stereocenters. The summed E-state index contributed by atoms with van der Waals surface area (Å²) in [4.78, 5) is 1.04. The largest absolute Gasteiger partial charge is 0.271 e. The summed E-state index contributed by atoms with van der Waals surface area (Å²) >= 11 is 0. The van der Waals surface area contributed by atoms with Gasteiger partial charge in [-0.3, -0.25) is 4.90 Å². The lowest BCUT2D eigenvalue weighted by Crippen LogP contribution is -2.56. The molecule has 0 fully saturated rings. The number of nitrogens with two attached hydrogens (primary N) is 1. The molecule has 0 heterocycles. The molecule has 7 heteroatoms. The van der Waals surface area contributed by atoms with Gasteiger partial charge in [0.25, 0.3) is 0 Å². The van der Waals surface area contributed by atoms with Gasteiger partial charge < -0.3 is 0 Å². The molecule has 2 aromatic rings. The van der Waals surface area contributed by atoms with E-state index in [4.69, 9.17) is 5.14 Å². The molecule has 0 amide bonds. The predicted octanol–water partition coefficient (Wildman–Crippen LogP) is 4.30. The van der Waals surface area contributed by atoms with Gasteiger partial charge >= 0.3 is 0 Å². The van der Waals surface area contributed by atoms with Gasteiger partial charge in [0.1, 0.15) is 0 Å². The van der Waals surface area contributed by atoms with Crippen LogP contribution in [0, 0.1) is 0 Å². The van der Waals surface area contributed by atoms with Crippen LogP contribution in [-0.4, -0.2) is 38.9 Å². The van der Waals surface area contributed by atoms with E-state index in [1.165, 1.54) is 38.1 Å². The molecule has 4 nitrogen and oxygen atoms in total. The highest BCUT2D eigenvalue weighted by Crippen LogP contribution is 2.47. The van der Waals surface area contributed by atoms with Gasteiger partial charge in [0.05, 0.1) is 4.90 Å². The van der Waals surface area contributed by atoms with Crippen LogP contribution >= 0.6 is 0 Å². The molecule has 3 rings (SSSR count). The van der Waals surface area contributed by atoms with Crippen LogP contribution in [0.3, 0.4) is 0 Å². The lowest BCUT2D eigenvalue weighted by molar-refractivity contribution is -0.0688. The van der Waals surface area contributed by atoms with Crippen LogP contribution in [0.4, 0.5) is 8.78 Å². The minimum atomic E-state index is -4.11. The number of primary sulfonamides is 1. The smallest absolute Gasteiger partial charge is 0.238 e. The van der Waals surface area contributed by atoms with Crippen molar-refractivity contribution < 1.29 is 17.2 Å². The van der Waals surface area contributed by atoms with Crippen LogP contribution in [-0.2, 0) is 10.0 Å². The summed E-state index contributed by atoms with van der Waals surface area (Å²) in [5.41, 5.74) is -0.432. The monoisotopic (exact) mass is 418 g/mol. The second-order valence-corrected chi connectivity index (χ2v) is 9.14. The molecule has 0 saturated heterocycles. The Bertz CT molecular complexity index is 1110. The number of rotatable bonds is 4. The second-order valence-electron chi connectivity index (χ2n) is 7.61. The molecular formula is C22H24F2N2O2S. The summed E-state index contributed by atoms with van der Waals surface area (Å²) in [5, 5.41) is 5.46. The first kappa shape index (κ1) is 21.4. The van der Waals surface area contributed by atoms with Gasteiger partial charge in [-0.25, -0.2) is 22.3 Å². The number of benzene rings is 2. The Morgan fingerprint density at radius 2 is 1.62 bits per heavy atom. The van der Waals surface area contributed by atoms with Gasteiger partial charge in [-0.15, -0.1) is 0 Å². The third-order valence-corrected chi connectivity index (χ3v) is 6.24. The molecule has 29 heavy (non-hydrogen) atoms. The third kappa shape index (κ3) is 3.54. The zero-order chi connectivity index (χ0) is 21.6. The zero-order valence-corrected chi connectivity index (χ0v) is 17.6. The van der Waals surface area contributed by atoms with Crippen molar-refractivity contribution in [3.63, 3.8) is 0 Å².